The highest BCUT2D eigenvalue weighted by Crippen LogP contribution is 2.12. The molecule has 4 heteroatoms. The number of alkyl halides is 1. The van der Waals surface area contributed by atoms with Crippen LogP contribution in [0.25, 0.3) is 0 Å². The van der Waals surface area contributed by atoms with E-state index in [2.05, 4.69) is 6.92 Å². The molecular formula is C10H13ClO3. The van der Waals surface area contributed by atoms with Crippen molar-refractivity contribution < 1.29 is 13.9 Å². The van der Waals surface area contributed by atoms with Crippen LogP contribution in [0.4, 0.5) is 0 Å². The summed E-state index contributed by atoms with van der Waals surface area (Å²) < 4.78 is 9.80. The minimum atomic E-state index is -0.562. The van der Waals surface area contributed by atoms with Crippen molar-refractivity contribution in [2.24, 2.45) is 0 Å². The lowest BCUT2D eigenvalue weighted by Gasteiger charge is -2.08. The average molecular weight is 217 g/mol. The van der Waals surface area contributed by atoms with Gasteiger partial charge < -0.3 is 9.15 Å². The first-order valence-electron chi connectivity index (χ1n) is 4.62. The molecule has 1 unspecified atom stereocenters. The molecule has 0 aliphatic carbocycles. The van der Waals surface area contributed by atoms with Crippen LogP contribution in [0.3, 0.4) is 0 Å². The largest absolute Gasteiger partial charge is 0.457 e. The second kappa shape index (κ2) is 5.70. The van der Waals surface area contributed by atoms with E-state index in [0.29, 0.717) is 6.42 Å². The zero-order valence-corrected chi connectivity index (χ0v) is 8.79. The predicted octanol–water partition coefficient (Wildman–Crippen LogP) is 3.19. The Bertz CT molecular complexity index is 269. The second-order valence-corrected chi connectivity index (χ2v) is 3.42. The number of ether oxygens (including phenoxy) is 1. The van der Waals surface area contributed by atoms with Crippen molar-refractivity contribution >= 4 is 17.6 Å². The van der Waals surface area contributed by atoms with Crippen molar-refractivity contribution in [1.82, 2.24) is 0 Å². The van der Waals surface area contributed by atoms with Gasteiger partial charge in [0.2, 0.25) is 5.76 Å². The molecular weight excluding hydrogens is 204 g/mol. The second-order valence-electron chi connectivity index (χ2n) is 2.93. The molecule has 0 N–H and O–H groups in total. The summed E-state index contributed by atoms with van der Waals surface area (Å²) in [6.45, 7) is 2.05. The number of unbranched alkanes of at least 4 members (excludes halogenated alkanes) is 1. The Morgan fingerprint density at radius 2 is 2.50 bits per heavy atom. The zero-order valence-electron chi connectivity index (χ0n) is 8.03. The lowest BCUT2D eigenvalue weighted by atomic mass is 10.3. The highest BCUT2D eigenvalue weighted by molar-refractivity contribution is 6.20. The molecule has 0 aliphatic rings. The lowest BCUT2D eigenvalue weighted by molar-refractivity contribution is 0.0397. The number of carbonyl (C=O) groups excluding carboxylic acids is 1. The lowest BCUT2D eigenvalue weighted by Crippen LogP contribution is -2.12. The summed E-state index contributed by atoms with van der Waals surface area (Å²) in [7, 11) is 0. The highest BCUT2D eigenvalue weighted by Gasteiger charge is 2.14. The summed E-state index contributed by atoms with van der Waals surface area (Å²) in [6, 6.07) is 3.18. The van der Waals surface area contributed by atoms with Crippen LogP contribution in [0.15, 0.2) is 22.8 Å². The van der Waals surface area contributed by atoms with E-state index in [0.717, 1.165) is 12.8 Å². The van der Waals surface area contributed by atoms with Gasteiger partial charge in [0.1, 0.15) is 0 Å². The van der Waals surface area contributed by atoms with Gasteiger partial charge in [-0.3, -0.25) is 0 Å². The first-order valence-corrected chi connectivity index (χ1v) is 5.06. The van der Waals surface area contributed by atoms with Gasteiger partial charge in [0.15, 0.2) is 5.56 Å². The van der Waals surface area contributed by atoms with Gasteiger partial charge in [-0.05, 0) is 25.0 Å². The van der Waals surface area contributed by atoms with Gasteiger partial charge in [0.25, 0.3) is 0 Å². The van der Waals surface area contributed by atoms with E-state index in [1.165, 1.54) is 6.26 Å². The molecule has 78 valence electrons. The molecule has 0 saturated heterocycles. The van der Waals surface area contributed by atoms with E-state index in [4.69, 9.17) is 20.8 Å². The van der Waals surface area contributed by atoms with Crippen LogP contribution >= 0.6 is 11.6 Å². The monoisotopic (exact) mass is 216 g/mol. The molecule has 1 aromatic rings. The molecule has 0 aliphatic heterocycles. The Balaban J connectivity index is 2.34. The molecule has 3 nitrogen and oxygen atoms in total. The van der Waals surface area contributed by atoms with Crippen LogP contribution in [0, 0.1) is 0 Å². The van der Waals surface area contributed by atoms with Crippen LogP contribution in [-0.4, -0.2) is 11.5 Å². The molecule has 0 aromatic carbocycles. The maximum Gasteiger partial charge on any atom is 0.375 e. The van der Waals surface area contributed by atoms with Gasteiger partial charge in [0.05, 0.1) is 6.26 Å². The van der Waals surface area contributed by atoms with Crippen molar-refractivity contribution in [3.8, 4) is 0 Å². The van der Waals surface area contributed by atoms with Gasteiger partial charge in [-0.25, -0.2) is 4.79 Å². The molecule has 0 spiro atoms. The molecule has 0 saturated carbocycles. The average Bonchev–Trinajstić information content (AvgIpc) is 2.67. The number of rotatable bonds is 5. The fourth-order valence-corrected chi connectivity index (χ4v) is 1.23. The van der Waals surface area contributed by atoms with Gasteiger partial charge in [-0.15, -0.1) is 0 Å². The van der Waals surface area contributed by atoms with E-state index >= 15 is 0 Å². The van der Waals surface area contributed by atoms with Crippen molar-refractivity contribution in [3.05, 3.63) is 24.2 Å². The van der Waals surface area contributed by atoms with Gasteiger partial charge in [-0.2, -0.15) is 0 Å². The quantitative estimate of drug-likeness (QED) is 0.561. The highest BCUT2D eigenvalue weighted by atomic mass is 35.5. The van der Waals surface area contributed by atoms with Gasteiger partial charge >= 0.3 is 5.97 Å². The molecule has 1 atom stereocenters. The van der Waals surface area contributed by atoms with Crippen LogP contribution in [-0.2, 0) is 4.74 Å². The first kappa shape index (κ1) is 11.1. The number of carbonyl (C=O) groups is 1. The maximum atomic E-state index is 11.3. The minimum absolute atomic E-state index is 0.187. The van der Waals surface area contributed by atoms with Gasteiger partial charge in [-0.1, -0.05) is 24.9 Å². The molecule has 14 heavy (non-hydrogen) atoms. The van der Waals surface area contributed by atoms with E-state index in [1.54, 1.807) is 12.1 Å². The van der Waals surface area contributed by atoms with Crippen LogP contribution in [0.2, 0.25) is 0 Å². The van der Waals surface area contributed by atoms with Crippen molar-refractivity contribution in [2.75, 3.05) is 0 Å². The van der Waals surface area contributed by atoms with Crippen LogP contribution < -0.4 is 0 Å². The van der Waals surface area contributed by atoms with Crippen molar-refractivity contribution in [2.45, 2.75) is 31.7 Å². The van der Waals surface area contributed by atoms with Crippen molar-refractivity contribution in [3.63, 3.8) is 0 Å². The number of hydrogen-bond donors (Lipinski definition) is 0. The summed E-state index contributed by atoms with van der Waals surface area (Å²) in [6.07, 6.45) is 4.07. The summed E-state index contributed by atoms with van der Waals surface area (Å²) in [5, 5.41) is 0. The molecule has 0 radical (unpaired) electrons. The third-order valence-corrected chi connectivity index (χ3v) is 2.05. The van der Waals surface area contributed by atoms with E-state index in [1.807, 2.05) is 0 Å². The van der Waals surface area contributed by atoms with Crippen LogP contribution in [0.5, 0.6) is 0 Å². The Labute approximate surface area is 88.0 Å². The maximum absolute atomic E-state index is 11.3. The summed E-state index contributed by atoms with van der Waals surface area (Å²) in [5.74, 6) is -0.321. The molecule has 0 amide bonds. The van der Waals surface area contributed by atoms with Crippen molar-refractivity contribution in [1.29, 1.82) is 0 Å². The molecule has 1 rings (SSSR count). The van der Waals surface area contributed by atoms with Crippen LogP contribution in [0.1, 0.15) is 36.7 Å². The smallest absolute Gasteiger partial charge is 0.375 e. The fraction of sp³-hybridized carbons (Fsp3) is 0.500. The molecule has 0 bridgehead atoms. The first-order chi connectivity index (χ1) is 6.74. The molecule has 1 aromatic heterocycles. The number of halogens is 1. The van der Waals surface area contributed by atoms with E-state index in [-0.39, 0.29) is 5.76 Å². The Kier molecular flexibility index (Phi) is 4.53. The van der Waals surface area contributed by atoms with Gasteiger partial charge in [0, 0.05) is 0 Å². The minimum Gasteiger partial charge on any atom is -0.457 e. The molecule has 0 fully saturated rings. The summed E-state index contributed by atoms with van der Waals surface area (Å²) in [4.78, 5) is 11.3. The Hall–Kier alpha value is -0.960. The topological polar surface area (TPSA) is 39.4 Å². The summed E-state index contributed by atoms with van der Waals surface area (Å²) in [5.41, 5.74) is -0.562. The SMILES string of the molecule is CCCCC(Cl)OC(=O)c1ccco1. The number of hydrogen-bond acceptors (Lipinski definition) is 3. The normalized spacial score (nSPS) is 12.4. The van der Waals surface area contributed by atoms with E-state index in [9.17, 15) is 4.79 Å². The number of furan rings is 1. The standard InChI is InChI=1S/C10H13ClO3/c1-2-3-6-9(11)14-10(12)8-5-4-7-13-8/h4-5,7,9H,2-3,6H2,1H3. The fourth-order valence-electron chi connectivity index (χ4n) is 0.992. The predicted molar refractivity (Wildman–Crippen MR) is 53.3 cm³/mol. The summed E-state index contributed by atoms with van der Waals surface area (Å²) >= 11 is 5.79. The Morgan fingerprint density at radius 3 is 3.07 bits per heavy atom. The Morgan fingerprint density at radius 1 is 1.71 bits per heavy atom. The third kappa shape index (κ3) is 3.42. The zero-order chi connectivity index (χ0) is 10.4. The molecule has 1 heterocycles. The third-order valence-electron chi connectivity index (χ3n) is 1.74. The van der Waals surface area contributed by atoms with E-state index < -0.39 is 11.5 Å². The number of esters is 1.